The second kappa shape index (κ2) is 12.4. The van der Waals surface area contributed by atoms with Gasteiger partial charge in [-0.3, -0.25) is 29.3 Å². The second-order valence-electron chi connectivity index (χ2n) is 13.5. The Morgan fingerprint density at radius 2 is 1.60 bits per heavy atom. The molecular formula is C40H32ClN3O8. The van der Waals surface area contributed by atoms with Crippen LogP contribution in [-0.4, -0.2) is 40.3 Å². The average molecular weight is 718 g/mol. The highest BCUT2D eigenvalue weighted by atomic mass is 35.5. The van der Waals surface area contributed by atoms with Crippen molar-refractivity contribution in [2.75, 3.05) is 16.4 Å². The third kappa shape index (κ3) is 4.79. The first-order valence-corrected chi connectivity index (χ1v) is 17.4. The minimum Gasteiger partial charge on any atom is -0.504 e. The second-order valence-corrected chi connectivity index (χ2v) is 14.0. The number of carbonyl (C=O) groups excluding carboxylic acids is 4. The number of imide groups is 2. The van der Waals surface area contributed by atoms with Gasteiger partial charge in [-0.15, -0.1) is 0 Å². The van der Waals surface area contributed by atoms with Crippen molar-refractivity contribution >= 4 is 52.3 Å². The highest BCUT2D eigenvalue weighted by Crippen LogP contribution is 2.65. The average Bonchev–Trinajstić information content (AvgIpc) is 3.53. The fraction of sp³-hybridized carbons (Fsp3) is 0.250. The maximum atomic E-state index is 15.4. The van der Waals surface area contributed by atoms with E-state index in [1.54, 1.807) is 43.3 Å². The number of allylic oxidation sites excluding steroid dienone is 2. The minimum atomic E-state index is -1.50. The lowest BCUT2D eigenvalue weighted by atomic mass is 9.49. The molecule has 2 saturated heterocycles. The smallest absolute Gasteiger partial charge is 0.271 e. The number of hydrogen-bond acceptors (Lipinski definition) is 8. The monoisotopic (exact) mass is 717 g/mol. The Morgan fingerprint density at radius 1 is 0.865 bits per heavy atom. The van der Waals surface area contributed by atoms with E-state index in [-0.39, 0.29) is 42.3 Å². The molecule has 6 unspecified atom stereocenters. The number of fused-ring (bicyclic) bond motifs is 4. The van der Waals surface area contributed by atoms with Crippen molar-refractivity contribution in [3.05, 3.63) is 135 Å². The molecule has 2 aliphatic carbocycles. The number of nitro groups is 1. The zero-order valence-electron chi connectivity index (χ0n) is 27.8. The fourth-order valence-corrected chi connectivity index (χ4v) is 9.28. The molecule has 1 N–H and O–H groups in total. The summed E-state index contributed by atoms with van der Waals surface area (Å²) in [6, 6.07) is 25.9. The van der Waals surface area contributed by atoms with Crippen LogP contribution in [0.3, 0.4) is 0 Å². The van der Waals surface area contributed by atoms with Gasteiger partial charge in [0.1, 0.15) is 0 Å². The molecule has 3 fully saturated rings. The van der Waals surface area contributed by atoms with Gasteiger partial charge in [0.25, 0.3) is 5.69 Å². The zero-order valence-corrected chi connectivity index (χ0v) is 28.6. The van der Waals surface area contributed by atoms with Crippen molar-refractivity contribution in [1.29, 1.82) is 0 Å². The fourth-order valence-electron chi connectivity index (χ4n) is 9.10. The Hall–Kier alpha value is -5.81. The first kappa shape index (κ1) is 33.3. The van der Waals surface area contributed by atoms with Crippen LogP contribution in [0.4, 0.5) is 17.1 Å². The summed E-state index contributed by atoms with van der Waals surface area (Å²) in [5.74, 6) is -5.93. The molecule has 1 saturated carbocycles. The summed E-state index contributed by atoms with van der Waals surface area (Å²) in [5.41, 5.74) is 0.576. The third-order valence-electron chi connectivity index (χ3n) is 11.1. The topological polar surface area (TPSA) is 147 Å². The van der Waals surface area contributed by atoms with Gasteiger partial charge >= 0.3 is 0 Å². The number of halogens is 1. The lowest BCUT2D eigenvalue weighted by molar-refractivity contribution is -0.384. The van der Waals surface area contributed by atoms with Crippen molar-refractivity contribution < 1.29 is 33.9 Å². The van der Waals surface area contributed by atoms with Gasteiger partial charge in [-0.25, -0.2) is 9.80 Å². The van der Waals surface area contributed by atoms with E-state index in [1.165, 1.54) is 35.2 Å². The number of anilines is 2. The number of nitrogens with zero attached hydrogens (tertiary/aromatic N) is 3. The number of carbonyl (C=O) groups is 4. The number of aromatic hydroxyl groups is 1. The SMILES string of the molecule is CCOc1cc(C2C3=CCC4C(=O)N(c5cccc([N+](=O)[O-])c5)C(=O)C4C3CC3C(=O)N(c4cccc(Cl)c4)C(=O)C32c2ccccc2)ccc1O. The Morgan fingerprint density at radius 3 is 2.31 bits per heavy atom. The van der Waals surface area contributed by atoms with E-state index in [1.807, 2.05) is 36.4 Å². The van der Waals surface area contributed by atoms with E-state index in [0.29, 0.717) is 21.8 Å². The predicted octanol–water partition coefficient (Wildman–Crippen LogP) is 6.72. The van der Waals surface area contributed by atoms with E-state index in [9.17, 15) is 29.6 Å². The van der Waals surface area contributed by atoms with Gasteiger partial charge in [-0.05, 0) is 73.2 Å². The predicted molar refractivity (Wildman–Crippen MR) is 191 cm³/mol. The molecule has 4 amide bonds. The molecule has 8 rings (SSSR count). The molecule has 4 aliphatic rings. The largest absolute Gasteiger partial charge is 0.504 e. The number of benzene rings is 4. The van der Waals surface area contributed by atoms with Crippen molar-refractivity contribution in [3.63, 3.8) is 0 Å². The van der Waals surface area contributed by atoms with Crippen LogP contribution >= 0.6 is 11.6 Å². The molecule has 0 aromatic heterocycles. The molecule has 6 atom stereocenters. The van der Waals surface area contributed by atoms with Crippen LogP contribution in [0.2, 0.25) is 5.02 Å². The molecule has 0 radical (unpaired) electrons. The van der Waals surface area contributed by atoms with Crippen LogP contribution in [0, 0.1) is 33.8 Å². The van der Waals surface area contributed by atoms with Gasteiger partial charge in [0.2, 0.25) is 23.6 Å². The number of nitro benzene ring substituents is 1. The number of rotatable bonds is 7. The molecule has 11 nitrogen and oxygen atoms in total. The van der Waals surface area contributed by atoms with Crippen molar-refractivity contribution in [1.82, 2.24) is 0 Å². The molecule has 2 heterocycles. The summed E-state index contributed by atoms with van der Waals surface area (Å²) in [7, 11) is 0. The number of phenolic OH excluding ortho intramolecular Hbond substituents is 1. The van der Waals surface area contributed by atoms with E-state index < -0.39 is 63.6 Å². The molecule has 2 aliphatic heterocycles. The van der Waals surface area contributed by atoms with E-state index in [0.717, 1.165) is 10.5 Å². The summed E-state index contributed by atoms with van der Waals surface area (Å²) in [6.45, 7) is 2.04. The number of non-ortho nitro benzene ring substituents is 1. The molecule has 52 heavy (non-hydrogen) atoms. The lowest BCUT2D eigenvalue weighted by Gasteiger charge is -2.50. The molecule has 4 aromatic rings. The lowest BCUT2D eigenvalue weighted by Crippen LogP contribution is -2.53. The molecular weight excluding hydrogens is 686 g/mol. The number of phenols is 1. The van der Waals surface area contributed by atoms with Gasteiger partial charge in [-0.2, -0.15) is 0 Å². The van der Waals surface area contributed by atoms with Crippen molar-refractivity contribution in [2.45, 2.75) is 31.1 Å². The number of amides is 4. The summed E-state index contributed by atoms with van der Waals surface area (Å²) >= 11 is 6.38. The van der Waals surface area contributed by atoms with Crippen LogP contribution in [0.25, 0.3) is 0 Å². The first-order valence-electron chi connectivity index (χ1n) is 17.0. The van der Waals surface area contributed by atoms with Gasteiger partial charge < -0.3 is 9.84 Å². The molecule has 262 valence electrons. The van der Waals surface area contributed by atoms with Gasteiger partial charge in [0, 0.05) is 23.1 Å². The van der Waals surface area contributed by atoms with Crippen LogP contribution in [0.15, 0.2) is 109 Å². The minimum absolute atomic E-state index is 0.0816. The maximum absolute atomic E-state index is 15.4. The Bertz CT molecular complexity index is 2220. The van der Waals surface area contributed by atoms with Crippen molar-refractivity contribution in [3.8, 4) is 11.5 Å². The van der Waals surface area contributed by atoms with E-state index in [2.05, 4.69) is 0 Å². The van der Waals surface area contributed by atoms with E-state index in [4.69, 9.17) is 16.3 Å². The summed E-state index contributed by atoms with van der Waals surface area (Å²) < 4.78 is 5.80. The van der Waals surface area contributed by atoms with Crippen LogP contribution in [0.5, 0.6) is 11.5 Å². The first-order chi connectivity index (χ1) is 25.1. The molecule has 0 bridgehead atoms. The summed E-state index contributed by atoms with van der Waals surface area (Å²) in [5, 5.41) is 22.7. The Labute approximate surface area is 303 Å². The Balaban J connectivity index is 1.35. The number of ether oxygens (including phenoxy) is 1. The molecule has 4 aromatic carbocycles. The third-order valence-corrected chi connectivity index (χ3v) is 11.3. The summed E-state index contributed by atoms with van der Waals surface area (Å²) in [4.78, 5) is 72.0. The standard InChI is InChI=1S/C40H32ClN3O8/c1-2-52-33-18-22(14-17-32(33)45)35-28-15-16-29-34(38(48)42(36(29)46)26-12-7-13-27(20-26)44(50)51)30(28)21-31-37(47)43(25-11-6-10-24(41)19-25)39(49)40(31,35)23-8-4-3-5-9-23/h3-15,17-20,29-31,34-35,45H,2,16,21H2,1H3. The highest BCUT2D eigenvalue weighted by molar-refractivity contribution is 6.32. The van der Waals surface area contributed by atoms with Gasteiger partial charge in [0.05, 0.1) is 46.1 Å². The maximum Gasteiger partial charge on any atom is 0.271 e. The molecule has 12 heteroatoms. The normalized spacial score (nSPS) is 26.5. The van der Waals surface area contributed by atoms with Crippen LogP contribution in [-0.2, 0) is 24.6 Å². The highest BCUT2D eigenvalue weighted by Gasteiger charge is 2.70. The quantitative estimate of drug-likeness (QED) is 0.0960. The number of hydrogen-bond donors (Lipinski definition) is 1. The van der Waals surface area contributed by atoms with Crippen LogP contribution < -0.4 is 14.5 Å². The Kier molecular flexibility index (Phi) is 7.98. The van der Waals surface area contributed by atoms with Crippen molar-refractivity contribution in [2.24, 2.45) is 23.7 Å². The van der Waals surface area contributed by atoms with E-state index >= 15 is 4.79 Å². The van der Waals surface area contributed by atoms with Crippen LogP contribution in [0.1, 0.15) is 36.8 Å². The molecule has 0 spiro atoms. The zero-order chi connectivity index (χ0) is 36.5. The van der Waals surface area contributed by atoms with Gasteiger partial charge in [0.15, 0.2) is 11.5 Å². The van der Waals surface area contributed by atoms with Gasteiger partial charge in [-0.1, -0.05) is 71.8 Å². The summed E-state index contributed by atoms with van der Waals surface area (Å²) in [6.07, 6.45) is 2.18.